The molecule has 0 spiro atoms. The van der Waals surface area contributed by atoms with E-state index in [-0.39, 0.29) is 5.91 Å². The molecule has 22 heavy (non-hydrogen) atoms. The third-order valence-electron chi connectivity index (χ3n) is 2.84. The summed E-state index contributed by atoms with van der Waals surface area (Å²) in [6.07, 6.45) is 0. The first-order chi connectivity index (χ1) is 10.6. The molecule has 0 atom stereocenters. The van der Waals surface area contributed by atoms with Crippen LogP contribution in [0.25, 0.3) is 0 Å². The summed E-state index contributed by atoms with van der Waals surface area (Å²) in [6.45, 7) is 0.970. The van der Waals surface area contributed by atoms with Crippen LogP contribution in [0.2, 0.25) is 0 Å². The second-order valence-corrected chi connectivity index (χ2v) is 6.22. The van der Waals surface area contributed by atoms with Crippen LogP contribution in [0, 0.1) is 0 Å². The summed E-state index contributed by atoms with van der Waals surface area (Å²) in [6, 6.07) is 12.6. The van der Waals surface area contributed by atoms with E-state index in [4.69, 9.17) is 9.47 Å². The molecule has 0 saturated heterocycles. The maximum atomic E-state index is 12.2. The predicted octanol–water partition coefficient (Wildman–Crippen LogP) is 4.49. The number of rotatable bonds is 6. The van der Waals surface area contributed by atoms with Gasteiger partial charge in [-0.25, -0.2) is 0 Å². The monoisotopic (exact) mass is 427 g/mol. The van der Waals surface area contributed by atoms with Crippen LogP contribution in [0.5, 0.6) is 5.75 Å². The maximum Gasteiger partial charge on any atom is 0.255 e. The summed E-state index contributed by atoms with van der Waals surface area (Å²) >= 11 is 6.77. The molecule has 0 unspecified atom stereocenters. The third-order valence-corrected chi connectivity index (χ3v) is 3.99. The van der Waals surface area contributed by atoms with Crippen LogP contribution in [0.1, 0.15) is 10.4 Å². The highest BCUT2D eigenvalue weighted by molar-refractivity contribution is 9.10. The van der Waals surface area contributed by atoms with Crippen molar-refractivity contribution in [3.8, 4) is 5.75 Å². The molecule has 0 bridgehead atoms. The van der Waals surface area contributed by atoms with E-state index >= 15 is 0 Å². The third kappa shape index (κ3) is 4.83. The van der Waals surface area contributed by atoms with Crippen LogP contribution >= 0.6 is 31.9 Å². The van der Waals surface area contributed by atoms with Gasteiger partial charge in [0, 0.05) is 22.8 Å². The number of nitrogens with one attached hydrogen (secondary N) is 1. The van der Waals surface area contributed by atoms with Crippen molar-refractivity contribution in [3.05, 3.63) is 57.0 Å². The lowest BCUT2D eigenvalue weighted by molar-refractivity contribution is 0.102. The molecule has 2 aromatic rings. The highest BCUT2D eigenvalue weighted by atomic mass is 79.9. The van der Waals surface area contributed by atoms with Gasteiger partial charge in [-0.15, -0.1) is 0 Å². The van der Waals surface area contributed by atoms with E-state index in [2.05, 4.69) is 37.2 Å². The molecule has 4 nitrogen and oxygen atoms in total. The van der Waals surface area contributed by atoms with Gasteiger partial charge in [0.2, 0.25) is 0 Å². The quantitative estimate of drug-likeness (QED) is 0.689. The molecule has 116 valence electrons. The number of carbonyl (C=O) groups excluding carboxylic acids is 1. The minimum atomic E-state index is -0.175. The van der Waals surface area contributed by atoms with Crippen LogP contribution < -0.4 is 10.1 Å². The van der Waals surface area contributed by atoms with Gasteiger partial charge in [-0.1, -0.05) is 15.9 Å². The number of hydrogen-bond donors (Lipinski definition) is 1. The zero-order valence-electron chi connectivity index (χ0n) is 11.9. The number of carbonyl (C=O) groups is 1. The number of ether oxygens (including phenoxy) is 2. The molecular formula is C16H15Br2NO3. The summed E-state index contributed by atoms with van der Waals surface area (Å²) in [5.41, 5.74) is 1.29. The van der Waals surface area contributed by atoms with Gasteiger partial charge in [0.25, 0.3) is 5.91 Å². The van der Waals surface area contributed by atoms with Crippen LogP contribution in [-0.4, -0.2) is 26.2 Å². The van der Waals surface area contributed by atoms with E-state index < -0.39 is 0 Å². The first kappa shape index (κ1) is 17.0. The molecule has 0 radical (unpaired) electrons. The number of anilines is 1. The summed E-state index contributed by atoms with van der Waals surface area (Å²) in [7, 11) is 1.62. The van der Waals surface area contributed by atoms with E-state index in [1.165, 1.54) is 0 Å². The Balaban J connectivity index is 2.03. The van der Waals surface area contributed by atoms with Gasteiger partial charge in [-0.05, 0) is 58.4 Å². The van der Waals surface area contributed by atoms with E-state index in [1.54, 1.807) is 25.3 Å². The average Bonchev–Trinajstić information content (AvgIpc) is 2.51. The number of methoxy groups -OCH3 is 1. The standard InChI is InChI=1S/C16H15Br2NO3/c1-21-8-9-22-15-7-2-11(10-14(15)18)16(20)19-13-5-3-12(17)4-6-13/h2-7,10H,8-9H2,1H3,(H,19,20). The Morgan fingerprint density at radius 1 is 1.09 bits per heavy atom. The molecule has 0 aliphatic carbocycles. The SMILES string of the molecule is COCCOc1ccc(C(=O)Nc2ccc(Br)cc2)cc1Br. The topological polar surface area (TPSA) is 47.6 Å². The minimum Gasteiger partial charge on any atom is -0.490 e. The smallest absolute Gasteiger partial charge is 0.255 e. The lowest BCUT2D eigenvalue weighted by Gasteiger charge is -2.10. The molecule has 1 N–H and O–H groups in total. The lowest BCUT2D eigenvalue weighted by atomic mass is 10.2. The van der Waals surface area contributed by atoms with Crippen molar-refractivity contribution in [2.75, 3.05) is 25.6 Å². The fourth-order valence-electron chi connectivity index (χ4n) is 1.73. The molecule has 2 rings (SSSR count). The van der Waals surface area contributed by atoms with Crippen LogP contribution in [0.3, 0.4) is 0 Å². The second kappa shape index (κ2) is 8.31. The lowest BCUT2D eigenvalue weighted by Crippen LogP contribution is -2.12. The van der Waals surface area contributed by atoms with Crippen molar-refractivity contribution in [3.63, 3.8) is 0 Å². The van der Waals surface area contributed by atoms with Crippen molar-refractivity contribution in [1.82, 2.24) is 0 Å². The molecule has 0 saturated carbocycles. The molecule has 0 fully saturated rings. The Morgan fingerprint density at radius 2 is 1.82 bits per heavy atom. The maximum absolute atomic E-state index is 12.2. The Bertz CT molecular complexity index is 644. The van der Waals surface area contributed by atoms with Gasteiger partial charge < -0.3 is 14.8 Å². The van der Waals surface area contributed by atoms with E-state index in [0.29, 0.717) is 24.5 Å². The highest BCUT2D eigenvalue weighted by Gasteiger charge is 2.09. The molecule has 0 heterocycles. The first-order valence-electron chi connectivity index (χ1n) is 6.58. The predicted molar refractivity (Wildman–Crippen MR) is 93.6 cm³/mol. The van der Waals surface area contributed by atoms with Gasteiger partial charge in [0.05, 0.1) is 11.1 Å². The molecule has 0 aliphatic heterocycles. The number of halogens is 2. The Labute approximate surface area is 146 Å². The van der Waals surface area contributed by atoms with Crippen molar-refractivity contribution in [1.29, 1.82) is 0 Å². The zero-order valence-corrected chi connectivity index (χ0v) is 15.1. The molecular weight excluding hydrogens is 414 g/mol. The van der Waals surface area contributed by atoms with E-state index in [9.17, 15) is 4.79 Å². The van der Waals surface area contributed by atoms with Crippen LogP contribution in [0.4, 0.5) is 5.69 Å². The molecule has 6 heteroatoms. The van der Waals surface area contributed by atoms with Crippen molar-refractivity contribution < 1.29 is 14.3 Å². The normalized spacial score (nSPS) is 10.3. The first-order valence-corrected chi connectivity index (χ1v) is 8.17. The van der Waals surface area contributed by atoms with Gasteiger partial charge in [0.15, 0.2) is 0 Å². The van der Waals surface area contributed by atoms with Crippen molar-refractivity contribution in [2.45, 2.75) is 0 Å². The van der Waals surface area contributed by atoms with Crippen molar-refractivity contribution in [2.24, 2.45) is 0 Å². The van der Waals surface area contributed by atoms with Crippen LogP contribution in [0.15, 0.2) is 51.4 Å². The Kier molecular flexibility index (Phi) is 6.42. The second-order valence-electron chi connectivity index (χ2n) is 4.45. The van der Waals surface area contributed by atoms with Gasteiger partial charge in [0.1, 0.15) is 12.4 Å². The minimum absolute atomic E-state index is 0.175. The van der Waals surface area contributed by atoms with Crippen LogP contribution in [-0.2, 0) is 4.74 Å². The summed E-state index contributed by atoms with van der Waals surface area (Å²) in [5.74, 6) is 0.503. The number of amides is 1. The fourth-order valence-corrected chi connectivity index (χ4v) is 2.49. The molecule has 0 aliphatic rings. The molecule has 2 aromatic carbocycles. The van der Waals surface area contributed by atoms with Gasteiger partial charge in [-0.3, -0.25) is 4.79 Å². The fraction of sp³-hybridized carbons (Fsp3) is 0.188. The van der Waals surface area contributed by atoms with E-state index in [0.717, 1.165) is 14.6 Å². The molecule has 1 amide bonds. The zero-order chi connectivity index (χ0) is 15.9. The number of hydrogen-bond acceptors (Lipinski definition) is 3. The highest BCUT2D eigenvalue weighted by Crippen LogP contribution is 2.26. The van der Waals surface area contributed by atoms with Gasteiger partial charge in [-0.2, -0.15) is 0 Å². The average molecular weight is 429 g/mol. The van der Waals surface area contributed by atoms with Crippen molar-refractivity contribution >= 4 is 43.5 Å². The Hall–Kier alpha value is -1.37. The molecule has 0 aromatic heterocycles. The Morgan fingerprint density at radius 3 is 2.45 bits per heavy atom. The number of benzene rings is 2. The summed E-state index contributed by atoms with van der Waals surface area (Å²) in [5, 5.41) is 2.84. The van der Waals surface area contributed by atoms with E-state index in [1.807, 2.05) is 24.3 Å². The largest absolute Gasteiger partial charge is 0.490 e. The summed E-state index contributed by atoms with van der Waals surface area (Å²) in [4.78, 5) is 12.2. The van der Waals surface area contributed by atoms with Gasteiger partial charge >= 0.3 is 0 Å². The summed E-state index contributed by atoms with van der Waals surface area (Å²) < 4.78 is 12.2.